The van der Waals surface area contributed by atoms with E-state index >= 15 is 0 Å². The minimum atomic E-state index is -0.508. The van der Waals surface area contributed by atoms with Gasteiger partial charge in [-0.05, 0) is 73.2 Å². The van der Waals surface area contributed by atoms with Crippen LogP contribution in [-0.2, 0) is 9.59 Å². The molecule has 2 heterocycles. The van der Waals surface area contributed by atoms with E-state index in [0.29, 0.717) is 11.4 Å². The Morgan fingerprint density at radius 1 is 1.00 bits per heavy atom. The first kappa shape index (κ1) is 19.3. The first-order valence-electron chi connectivity index (χ1n) is 8.85. The minimum Gasteiger partial charge on any atom is -0.317 e. The first-order chi connectivity index (χ1) is 13.9. The van der Waals surface area contributed by atoms with Crippen molar-refractivity contribution in [1.82, 2.24) is 9.88 Å². The summed E-state index contributed by atoms with van der Waals surface area (Å²) in [5.41, 5.74) is 3.25. The van der Waals surface area contributed by atoms with E-state index in [4.69, 9.17) is 12.2 Å². The Bertz CT molecular complexity index is 1180. The van der Waals surface area contributed by atoms with Crippen LogP contribution in [0.1, 0.15) is 11.3 Å². The molecule has 1 fully saturated rings. The molecule has 1 aromatic heterocycles. The summed E-state index contributed by atoms with van der Waals surface area (Å²) in [5.74, 6) is -0.961. The number of carbonyl (C=O) groups is 2. The third-order valence-electron chi connectivity index (χ3n) is 4.52. The Labute approximate surface area is 181 Å². The third-order valence-corrected chi connectivity index (χ3v) is 5.30. The standard InChI is InChI=1S/C22H16BrN3O2S/c1-14-5-2-8-18(11-14)26-21(28)19(20(27)24-22(26)29)13-17-9-4-10-25(17)16-7-3-6-15(23)12-16/h2-13H,1H3,(H,24,27,29)/b19-13+. The van der Waals surface area contributed by atoms with Crippen LogP contribution >= 0.6 is 28.1 Å². The van der Waals surface area contributed by atoms with Gasteiger partial charge in [-0.2, -0.15) is 0 Å². The topological polar surface area (TPSA) is 54.3 Å². The lowest BCUT2D eigenvalue weighted by molar-refractivity contribution is -0.122. The summed E-state index contributed by atoms with van der Waals surface area (Å²) in [6.07, 6.45) is 3.46. The van der Waals surface area contributed by atoms with E-state index in [1.54, 1.807) is 12.1 Å². The van der Waals surface area contributed by atoms with Gasteiger partial charge in [0.25, 0.3) is 11.8 Å². The van der Waals surface area contributed by atoms with Crippen LogP contribution in [0.3, 0.4) is 0 Å². The summed E-state index contributed by atoms with van der Waals surface area (Å²) in [5, 5.41) is 2.70. The van der Waals surface area contributed by atoms with E-state index in [0.717, 1.165) is 15.7 Å². The van der Waals surface area contributed by atoms with Gasteiger partial charge in [0.2, 0.25) is 0 Å². The fourth-order valence-corrected chi connectivity index (χ4v) is 3.85. The van der Waals surface area contributed by atoms with Crippen molar-refractivity contribution in [1.29, 1.82) is 0 Å². The molecule has 0 aliphatic carbocycles. The van der Waals surface area contributed by atoms with E-state index in [1.165, 1.54) is 4.90 Å². The van der Waals surface area contributed by atoms with Crippen molar-refractivity contribution in [2.24, 2.45) is 0 Å². The summed E-state index contributed by atoms with van der Waals surface area (Å²) in [4.78, 5) is 27.1. The molecule has 4 rings (SSSR count). The highest BCUT2D eigenvalue weighted by Crippen LogP contribution is 2.24. The molecule has 29 heavy (non-hydrogen) atoms. The molecule has 0 spiro atoms. The molecular formula is C22H16BrN3O2S. The summed E-state index contributed by atoms with van der Waals surface area (Å²) >= 11 is 8.73. The second-order valence-electron chi connectivity index (χ2n) is 6.58. The first-order valence-corrected chi connectivity index (χ1v) is 10.1. The Balaban J connectivity index is 1.76. The van der Waals surface area contributed by atoms with Crippen molar-refractivity contribution in [3.8, 4) is 5.69 Å². The fraction of sp³-hybridized carbons (Fsp3) is 0.0455. The number of aromatic nitrogens is 1. The number of anilines is 1. The SMILES string of the molecule is Cc1cccc(N2C(=O)/C(=C/c3cccn3-c3cccc(Br)c3)C(=O)NC2=S)c1. The van der Waals surface area contributed by atoms with Crippen LogP contribution < -0.4 is 10.2 Å². The number of nitrogens with one attached hydrogen (secondary N) is 1. The average Bonchev–Trinajstić information content (AvgIpc) is 3.13. The van der Waals surface area contributed by atoms with E-state index in [9.17, 15) is 9.59 Å². The lowest BCUT2D eigenvalue weighted by Crippen LogP contribution is -2.54. The van der Waals surface area contributed by atoms with Crippen molar-refractivity contribution in [3.63, 3.8) is 0 Å². The van der Waals surface area contributed by atoms with Crippen molar-refractivity contribution in [3.05, 3.63) is 88.2 Å². The van der Waals surface area contributed by atoms with Gasteiger partial charge >= 0.3 is 0 Å². The zero-order chi connectivity index (χ0) is 20.5. The highest BCUT2D eigenvalue weighted by atomic mass is 79.9. The lowest BCUT2D eigenvalue weighted by atomic mass is 10.1. The molecule has 3 aromatic rings. The molecule has 1 N–H and O–H groups in total. The molecule has 2 aromatic carbocycles. The van der Waals surface area contributed by atoms with Gasteiger partial charge in [-0.25, -0.2) is 0 Å². The van der Waals surface area contributed by atoms with E-state index in [-0.39, 0.29) is 10.7 Å². The van der Waals surface area contributed by atoms with Crippen LogP contribution in [0.5, 0.6) is 0 Å². The molecule has 1 aliphatic heterocycles. The maximum Gasteiger partial charge on any atom is 0.270 e. The summed E-state index contributed by atoms with van der Waals surface area (Å²) in [7, 11) is 0. The second-order valence-corrected chi connectivity index (χ2v) is 7.88. The molecule has 1 aliphatic rings. The number of hydrogen-bond donors (Lipinski definition) is 1. The number of benzene rings is 2. The highest BCUT2D eigenvalue weighted by molar-refractivity contribution is 9.10. The molecule has 0 saturated carbocycles. The van der Waals surface area contributed by atoms with Crippen LogP contribution in [-0.4, -0.2) is 21.5 Å². The van der Waals surface area contributed by atoms with Gasteiger partial charge in [0.15, 0.2) is 5.11 Å². The molecule has 0 atom stereocenters. The summed E-state index contributed by atoms with van der Waals surface area (Å²) in [6.45, 7) is 1.93. The quantitative estimate of drug-likeness (QED) is 0.354. The van der Waals surface area contributed by atoms with Crippen molar-refractivity contribution >= 4 is 56.8 Å². The van der Waals surface area contributed by atoms with Gasteiger partial charge in [-0.3, -0.25) is 19.8 Å². The normalized spacial score (nSPS) is 15.7. The van der Waals surface area contributed by atoms with Crippen LogP contribution in [0.2, 0.25) is 0 Å². The monoisotopic (exact) mass is 465 g/mol. The lowest BCUT2D eigenvalue weighted by Gasteiger charge is -2.29. The number of nitrogens with zero attached hydrogens (tertiary/aromatic N) is 2. The number of thiocarbonyl (C=S) groups is 1. The number of amides is 2. The fourth-order valence-electron chi connectivity index (χ4n) is 3.18. The predicted molar refractivity (Wildman–Crippen MR) is 121 cm³/mol. The summed E-state index contributed by atoms with van der Waals surface area (Å²) in [6, 6.07) is 18.9. The van der Waals surface area contributed by atoms with Gasteiger partial charge < -0.3 is 4.57 Å². The Morgan fingerprint density at radius 3 is 2.52 bits per heavy atom. The maximum absolute atomic E-state index is 13.2. The highest BCUT2D eigenvalue weighted by Gasteiger charge is 2.34. The maximum atomic E-state index is 13.2. The average molecular weight is 466 g/mol. The molecule has 0 radical (unpaired) electrons. The van der Waals surface area contributed by atoms with Gasteiger partial charge in [0.1, 0.15) is 5.57 Å². The zero-order valence-electron chi connectivity index (χ0n) is 15.4. The summed E-state index contributed by atoms with van der Waals surface area (Å²) < 4.78 is 2.84. The van der Waals surface area contributed by atoms with Crippen molar-refractivity contribution in [2.45, 2.75) is 6.92 Å². The molecule has 0 unspecified atom stereocenters. The Morgan fingerprint density at radius 2 is 1.76 bits per heavy atom. The molecule has 7 heteroatoms. The van der Waals surface area contributed by atoms with Crippen LogP contribution in [0.4, 0.5) is 5.69 Å². The number of rotatable bonds is 3. The number of halogens is 1. The number of carbonyl (C=O) groups excluding carboxylic acids is 2. The molecule has 144 valence electrons. The molecular weight excluding hydrogens is 450 g/mol. The van der Waals surface area contributed by atoms with Gasteiger partial charge in [0.05, 0.1) is 5.69 Å². The van der Waals surface area contributed by atoms with Gasteiger partial charge in [0, 0.05) is 22.1 Å². The minimum absolute atomic E-state index is 0.0232. The van der Waals surface area contributed by atoms with Crippen molar-refractivity contribution < 1.29 is 9.59 Å². The van der Waals surface area contributed by atoms with Crippen LogP contribution in [0, 0.1) is 6.92 Å². The van der Waals surface area contributed by atoms with E-state index < -0.39 is 11.8 Å². The molecule has 2 amide bonds. The van der Waals surface area contributed by atoms with Crippen LogP contribution in [0.25, 0.3) is 11.8 Å². The van der Waals surface area contributed by atoms with Crippen LogP contribution in [0.15, 0.2) is 76.9 Å². The molecule has 1 saturated heterocycles. The molecule has 5 nitrogen and oxygen atoms in total. The molecule has 0 bridgehead atoms. The number of aryl methyl sites for hydroxylation is 1. The number of hydrogen-bond acceptors (Lipinski definition) is 3. The van der Waals surface area contributed by atoms with Crippen molar-refractivity contribution in [2.75, 3.05) is 4.90 Å². The Kier molecular flexibility index (Phi) is 5.17. The smallest absolute Gasteiger partial charge is 0.270 e. The second kappa shape index (κ2) is 7.77. The predicted octanol–water partition coefficient (Wildman–Crippen LogP) is 4.38. The van der Waals surface area contributed by atoms with Gasteiger partial charge in [-0.1, -0.05) is 34.1 Å². The third kappa shape index (κ3) is 3.79. The van der Waals surface area contributed by atoms with E-state index in [1.807, 2.05) is 72.3 Å². The Hall–Kier alpha value is -3.03. The van der Waals surface area contributed by atoms with Gasteiger partial charge in [-0.15, -0.1) is 0 Å². The largest absolute Gasteiger partial charge is 0.317 e. The zero-order valence-corrected chi connectivity index (χ0v) is 17.8. The van der Waals surface area contributed by atoms with E-state index in [2.05, 4.69) is 21.2 Å².